The number of aryl methyl sites for hydroxylation is 2. The van der Waals surface area contributed by atoms with E-state index in [2.05, 4.69) is 20.7 Å². The van der Waals surface area contributed by atoms with Gasteiger partial charge in [-0.1, -0.05) is 0 Å². The Morgan fingerprint density at radius 2 is 2.32 bits per heavy atom. The Morgan fingerprint density at radius 1 is 1.42 bits per heavy atom. The van der Waals surface area contributed by atoms with E-state index in [-0.39, 0.29) is 6.03 Å². The molecule has 0 saturated heterocycles. The van der Waals surface area contributed by atoms with Gasteiger partial charge in [0.05, 0.1) is 0 Å². The van der Waals surface area contributed by atoms with Crippen LogP contribution in [0.2, 0.25) is 0 Å². The van der Waals surface area contributed by atoms with Gasteiger partial charge in [0.15, 0.2) is 0 Å². The van der Waals surface area contributed by atoms with Gasteiger partial charge in [0.25, 0.3) is 0 Å². The smallest absolute Gasteiger partial charge is 0.319 e. The maximum atomic E-state index is 11.7. The molecule has 0 aliphatic heterocycles. The molecule has 2 rings (SSSR count). The third-order valence-electron chi connectivity index (χ3n) is 2.68. The number of amides is 2. The summed E-state index contributed by atoms with van der Waals surface area (Å²) in [5.41, 5.74) is 1.72. The Kier molecular flexibility index (Phi) is 4.49. The molecule has 0 fully saturated rings. The second kappa shape index (κ2) is 6.53. The van der Waals surface area contributed by atoms with E-state index in [4.69, 9.17) is 0 Å². The number of nitrogens with one attached hydrogen (secondary N) is 2. The summed E-state index contributed by atoms with van der Waals surface area (Å²) < 4.78 is 1.84. The van der Waals surface area contributed by atoms with E-state index < -0.39 is 0 Å². The third kappa shape index (κ3) is 4.09. The van der Waals surface area contributed by atoms with Crippen LogP contribution in [0.5, 0.6) is 0 Å². The average molecular weight is 259 g/mol. The molecule has 2 aromatic heterocycles. The summed E-state index contributed by atoms with van der Waals surface area (Å²) in [4.78, 5) is 15.6. The predicted molar refractivity (Wildman–Crippen MR) is 72.8 cm³/mol. The topological polar surface area (TPSA) is 71.8 Å². The van der Waals surface area contributed by atoms with Crippen molar-refractivity contribution in [3.05, 3.63) is 42.5 Å². The summed E-state index contributed by atoms with van der Waals surface area (Å²) >= 11 is 0. The van der Waals surface area contributed by atoms with Gasteiger partial charge in [-0.2, -0.15) is 5.10 Å². The van der Waals surface area contributed by atoms with Crippen LogP contribution < -0.4 is 10.6 Å². The van der Waals surface area contributed by atoms with Gasteiger partial charge in [-0.25, -0.2) is 4.79 Å². The van der Waals surface area contributed by atoms with Crippen LogP contribution in [0.15, 0.2) is 36.9 Å². The first-order chi connectivity index (χ1) is 9.25. The molecule has 0 aliphatic carbocycles. The van der Waals surface area contributed by atoms with Crippen molar-refractivity contribution < 1.29 is 4.79 Å². The lowest BCUT2D eigenvalue weighted by Crippen LogP contribution is -2.30. The highest BCUT2D eigenvalue weighted by Crippen LogP contribution is 2.10. The highest BCUT2D eigenvalue weighted by Gasteiger charge is 2.03. The summed E-state index contributed by atoms with van der Waals surface area (Å²) in [7, 11) is 0. The van der Waals surface area contributed by atoms with Crippen molar-refractivity contribution in [3.8, 4) is 0 Å². The number of hydrogen-bond acceptors (Lipinski definition) is 3. The van der Waals surface area contributed by atoms with E-state index in [1.165, 1.54) is 0 Å². The minimum absolute atomic E-state index is 0.199. The van der Waals surface area contributed by atoms with Crippen LogP contribution in [0, 0.1) is 6.92 Å². The van der Waals surface area contributed by atoms with E-state index in [1.807, 2.05) is 23.9 Å². The zero-order chi connectivity index (χ0) is 13.5. The molecule has 100 valence electrons. The van der Waals surface area contributed by atoms with Crippen LogP contribution in [0.4, 0.5) is 10.5 Å². The Balaban J connectivity index is 1.69. The van der Waals surface area contributed by atoms with Gasteiger partial charge >= 0.3 is 6.03 Å². The maximum absolute atomic E-state index is 11.7. The van der Waals surface area contributed by atoms with Crippen molar-refractivity contribution in [1.82, 2.24) is 20.1 Å². The van der Waals surface area contributed by atoms with Gasteiger partial charge in [-0.15, -0.1) is 0 Å². The number of pyridine rings is 1. The Morgan fingerprint density at radius 3 is 3.05 bits per heavy atom. The van der Waals surface area contributed by atoms with Crippen LogP contribution >= 0.6 is 0 Å². The zero-order valence-electron chi connectivity index (χ0n) is 10.8. The van der Waals surface area contributed by atoms with E-state index in [9.17, 15) is 4.79 Å². The van der Waals surface area contributed by atoms with Crippen LogP contribution in [0.25, 0.3) is 0 Å². The van der Waals surface area contributed by atoms with Crippen molar-refractivity contribution in [2.24, 2.45) is 0 Å². The molecule has 2 heterocycles. The molecule has 0 aliphatic rings. The number of hydrogen-bond donors (Lipinski definition) is 2. The molecule has 6 nitrogen and oxygen atoms in total. The Hall–Kier alpha value is -2.37. The number of nitrogens with zero attached hydrogens (tertiary/aromatic N) is 3. The average Bonchev–Trinajstić information content (AvgIpc) is 2.91. The lowest BCUT2D eigenvalue weighted by molar-refractivity contribution is 0.251. The molecular formula is C13H17N5O. The normalized spacial score (nSPS) is 10.2. The Bertz CT molecular complexity index is 524. The summed E-state index contributed by atoms with van der Waals surface area (Å²) in [6.07, 6.45) is 7.85. The van der Waals surface area contributed by atoms with E-state index in [0.717, 1.165) is 24.2 Å². The second-order valence-corrected chi connectivity index (χ2v) is 4.19. The molecule has 0 unspecified atom stereocenters. The molecule has 2 aromatic rings. The number of carbonyl (C=O) groups excluding carboxylic acids is 1. The van der Waals surface area contributed by atoms with Crippen molar-refractivity contribution in [2.45, 2.75) is 19.9 Å². The standard InChI is InChI=1S/C13H17N5O/c1-11-10-14-7-4-12(11)17-13(19)15-5-2-8-18-9-3-6-16-18/h3-4,6-7,9-10H,2,5,8H2,1H3,(H2,14,15,17,19). The molecule has 6 heteroatoms. The highest BCUT2D eigenvalue weighted by molar-refractivity contribution is 5.89. The number of aromatic nitrogens is 3. The summed E-state index contributed by atoms with van der Waals surface area (Å²) in [5, 5.41) is 9.69. The SMILES string of the molecule is Cc1cnccc1NC(=O)NCCCn1cccn1. The van der Waals surface area contributed by atoms with Crippen LogP contribution in [-0.2, 0) is 6.54 Å². The fourth-order valence-electron chi connectivity index (χ4n) is 1.66. The molecule has 19 heavy (non-hydrogen) atoms. The van der Waals surface area contributed by atoms with Crippen molar-refractivity contribution >= 4 is 11.7 Å². The van der Waals surface area contributed by atoms with Crippen molar-refractivity contribution in [1.29, 1.82) is 0 Å². The first-order valence-electron chi connectivity index (χ1n) is 6.18. The number of carbonyl (C=O) groups is 1. The van der Waals surface area contributed by atoms with Crippen molar-refractivity contribution in [3.63, 3.8) is 0 Å². The van der Waals surface area contributed by atoms with Crippen LogP contribution in [0.1, 0.15) is 12.0 Å². The van der Waals surface area contributed by atoms with Crippen molar-refractivity contribution in [2.75, 3.05) is 11.9 Å². The van der Waals surface area contributed by atoms with Gasteiger partial charge in [0.2, 0.25) is 0 Å². The zero-order valence-corrected chi connectivity index (χ0v) is 10.8. The lowest BCUT2D eigenvalue weighted by Gasteiger charge is -2.09. The summed E-state index contributed by atoms with van der Waals surface area (Å²) in [6.45, 7) is 3.30. The number of urea groups is 1. The molecule has 2 N–H and O–H groups in total. The molecule has 0 radical (unpaired) electrons. The second-order valence-electron chi connectivity index (χ2n) is 4.19. The summed E-state index contributed by atoms with van der Waals surface area (Å²) in [5.74, 6) is 0. The van der Waals surface area contributed by atoms with E-state index >= 15 is 0 Å². The minimum atomic E-state index is -0.199. The first-order valence-corrected chi connectivity index (χ1v) is 6.18. The highest BCUT2D eigenvalue weighted by atomic mass is 16.2. The van der Waals surface area contributed by atoms with Gasteiger partial charge in [-0.3, -0.25) is 9.67 Å². The molecule has 0 spiro atoms. The maximum Gasteiger partial charge on any atom is 0.319 e. The quantitative estimate of drug-likeness (QED) is 0.804. The van der Waals surface area contributed by atoms with Crippen LogP contribution in [0.3, 0.4) is 0 Å². The lowest BCUT2D eigenvalue weighted by atomic mass is 10.2. The third-order valence-corrected chi connectivity index (χ3v) is 2.68. The van der Waals surface area contributed by atoms with Gasteiger partial charge in [0, 0.05) is 43.6 Å². The molecule has 0 saturated carbocycles. The van der Waals surface area contributed by atoms with Crippen LogP contribution in [-0.4, -0.2) is 27.3 Å². The van der Waals surface area contributed by atoms with E-state index in [1.54, 1.807) is 24.7 Å². The fourth-order valence-corrected chi connectivity index (χ4v) is 1.66. The van der Waals surface area contributed by atoms with Gasteiger partial charge in [-0.05, 0) is 31.0 Å². The fraction of sp³-hybridized carbons (Fsp3) is 0.308. The molecule has 0 bridgehead atoms. The predicted octanol–water partition coefficient (Wildman–Crippen LogP) is 1.80. The molecule has 2 amide bonds. The summed E-state index contributed by atoms with van der Waals surface area (Å²) in [6, 6.07) is 3.46. The number of rotatable bonds is 5. The van der Waals surface area contributed by atoms with Gasteiger partial charge < -0.3 is 10.6 Å². The first kappa shape index (κ1) is 13.1. The molecular weight excluding hydrogens is 242 g/mol. The monoisotopic (exact) mass is 259 g/mol. The minimum Gasteiger partial charge on any atom is -0.338 e. The van der Waals surface area contributed by atoms with Gasteiger partial charge in [0.1, 0.15) is 0 Å². The molecule has 0 atom stereocenters. The molecule has 0 aromatic carbocycles. The Labute approximate surface area is 111 Å². The number of anilines is 1. The van der Waals surface area contributed by atoms with E-state index in [0.29, 0.717) is 6.54 Å². The largest absolute Gasteiger partial charge is 0.338 e.